The molecule has 2 aromatic heterocycles. The number of amidine groups is 1. The molecule has 6 rings (SSSR count). The van der Waals surface area contributed by atoms with Crippen molar-refractivity contribution in [2.75, 3.05) is 33.0 Å². The summed E-state index contributed by atoms with van der Waals surface area (Å²) in [6.07, 6.45) is 5.03. The van der Waals surface area contributed by atoms with E-state index in [2.05, 4.69) is 20.3 Å². The molecule has 7 nitrogen and oxygen atoms in total. The van der Waals surface area contributed by atoms with E-state index in [9.17, 15) is 4.39 Å². The Hall–Kier alpha value is -3.69. The fourth-order valence-electron chi connectivity index (χ4n) is 5.03. The van der Waals surface area contributed by atoms with Crippen molar-refractivity contribution >= 4 is 11.4 Å². The van der Waals surface area contributed by atoms with E-state index in [1.807, 2.05) is 25.1 Å². The molecular formula is C28H26F2N4O3. The summed E-state index contributed by atoms with van der Waals surface area (Å²) in [7, 11) is 0. The maximum Gasteiger partial charge on any atom is 0.256 e. The molecule has 1 fully saturated rings. The van der Waals surface area contributed by atoms with E-state index >= 15 is 4.39 Å². The number of fused-ring (bicyclic) bond motifs is 4. The predicted molar refractivity (Wildman–Crippen MR) is 135 cm³/mol. The number of rotatable bonds is 4. The number of benzene rings is 1. The highest BCUT2D eigenvalue weighted by molar-refractivity contribution is 5.87. The maximum atomic E-state index is 15.6. The van der Waals surface area contributed by atoms with Crippen LogP contribution >= 0.6 is 0 Å². The number of hydrogen-bond acceptors (Lipinski definition) is 6. The Kier molecular flexibility index (Phi) is 6.18. The Bertz CT molecular complexity index is 1420. The molecule has 190 valence electrons. The summed E-state index contributed by atoms with van der Waals surface area (Å²) < 4.78 is 47.9. The van der Waals surface area contributed by atoms with Gasteiger partial charge in [0.2, 0.25) is 5.95 Å². The molecule has 1 N–H and O–H groups in total. The lowest BCUT2D eigenvalue weighted by molar-refractivity contribution is 0.0891. The first-order valence-corrected chi connectivity index (χ1v) is 12.4. The highest BCUT2D eigenvalue weighted by atomic mass is 19.1. The lowest BCUT2D eigenvalue weighted by Crippen LogP contribution is -2.56. The molecule has 0 saturated carbocycles. The lowest BCUT2D eigenvalue weighted by atomic mass is 9.78. The lowest BCUT2D eigenvalue weighted by Gasteiger charge is -2.44. The molecule has 1 atom stereocenters. The zero-order valence-corrected chi connectivity index (χ0v) is 20.4. The van der Waals surface area contributed by atoms with Crippen molar-refractivity contribution < 1.29 is 23.0 Å². The van der Waals surface area contributed by atoms with Crippen LogP contribution in [0.3, 0.4) is 0 Å². The predicted octanol–water partition coefficient (Wildman–Crippen LogP) is 5.00. The molecular weight excluding hydrogens is 478 g/mol. The van der Waals surface area contributed by atoms with Crippen LogP contribution < -0.4 is 10.1 Å². The molecule has 1 spiro atoms. The first kappa shape index (κ1) is 23.7. The number of hydrogen-bond donors (Lipinski definition) is 1. The highest BCUT2D eigenvalue weighted by Gasteiger charge is 2.47. The van der Waals surface area contributed by atoms with Gasteiger partial charge in [-0.15, -0.1) is 0 Å². The summed E-state index contributed by atoms with van der Waals surface area (Å²) in [6, 6.07) is 10.5. The van der Waals surface area contributed by atoms with Crippen molar-refractivity contribution in [3.05, 3.63) is 77.4 Å². The van der Waals surface area contributed by atoms with Crippen molar-refractivity contribution in [2.45, 2.75) is 25.3 Å². The molecule has 3 aliphatic rings. The molecule has 0 aliphatic carbocycles. The van der Waals surface area contributed by atoms with Crippen molar-refractivity contribution in [3.8, 4) is 22.6 Å². The molecule has 1 unspecified atom stereocenters. The summed E-state index contributed by atoms with van der Waals surface area (Å²) in [5.41, 5.74) is 2.48. The Morgan fingerprint density at radius 2 is 2.00 bits per heavy atom. The van der Waals surface area contributed by atoms with E-state index in [1.54, 1.807) is 24.3 Å². The number of pyridine rings is 2. The van der Waals surface area contributed by atoms with Gasteiger partial charge >= 0.3 is 0 Å². The van der Waals surface area contributed by atoms with Gasteiger partial charge in [0.05, 0.1) is 25.5 Å². The first-order valence-electron chi connectivity index (χ1n) is 12.4. The number of aromatic nitrogens is 2. The summed E-state index contributed by atoms with van der Waals surface area (Å²) in [4.78, 5) is 12.7. The Balaban J connectivity index is 1.56. The molecule has 9 heteroatoms. The molecule has 0 bridgehead atoms. The summed E-state index contributed by atoms with van der Waals surface area (Å²) in [5, 5.41) is 3.56. The second-order valence-corrected chi connectivity index (χ2v) is 9.25. The van der Waals surface area contributed by atoms with Crippen LogP contribution in [-0.2, 0) is 15.0 Å². The average molecular weight is 505 g/mol. The van der Waals surface area contributed by atoms with Crippen LogP contribution in [0.5, 0.6) is 11.5 Å². The SMILES string of the molecule is CCCN=C1COCC2(N1)c1cc(-c3cccnc3F)ccc1Oc1c2cc(C2=CCCOC2)nc1F. The zero-order valence-electron chi connectivity index (χ0n) is 20.4. The molecule has 3 aromatic rings. The van der Waals surface area contributed by atoms with Gasteiger partial charge in [0.25, 0.3) is 5.95 Å². The minimum absolute atomic E-state index is 0.0294. The fraction of sp³-hybridized carbons (Fsp3) is 0.321. The smallest absolute Gasteiger partial charge is 0.256 e. The number of nitrogens with zero attached hydrogens (tertiary/aromatic N) is 3. The van der Waals surface area contributed by atoms with Gasteiger partial charge in [-0.3, -0.25) is 4.99 Å². The third-order valence-electron chi connectivity index (χ3n) is 6.79. The number of ether oxygens (including phenoxy) is 3. The number of morpholine rings is 1. The minimum Gasteiger partial charge on any atom is -0.452 e. The zero-order chi connectivity index (χ0) is 25.4. The van der Waals surface area contributed by atoms with Crippen LogP contribution in [0.2, 0.25) is 0 Å². The number of halogens is 2. The largest absolute Gasteiger partial charge is 0.452 e. The third kappa shape index (κ3) is 4.18. The van der Waals surface area contributed by atoms with Crippen molar-refractivity contribution in [1.29, 1.82) is 0 Å². The first-order chi connectivity index (χ1) is 18.1. The van der Waals surface area contributed by atoms with Gasteiger partial charge in [-0.1, -0.05) is 19.1 Å². The Morgan fingerprint density at radius 1 is 1.08 bits per heavy atom. The molecule has 0 radical (unpaired) electrons. The maximum absolute atomic E-state index is 15.6. The summed E-state index contributed by atoms with van der Waals surface area (Å²) in [6.45, 7) is 4.15. The molecule has 1 aromatic carbocycles. The minimum atomic E-state index is -1.03. The van der Waals surface area contributed by atoms with Crippen LogP contribution in [-0.4, -0.2) is 48.8 Å². The van der Waals surface area contributed by atoms with Gasteiger partial charge < -0.3 is 19.5 Å². The Morgan fingerprint density at radius 3 is 2.81 bits per heavy atom. The van der Waals surface area contributed by atoms with Crippen LogP contribution in [0.1, 0.15) is 36.6 Å². The molecule has 3 aliphatic heterocycles. The third-order valence-corrected chi connectivity index (χ3v) is 6.79. The van der Waals surface area contributed by atoms with Gasteiger partial charge in [-0.05, 0) is 54.3 Å². The van der Waals surface area contributed by atoms with E-state index in [-0.39, 0.29) is 12.4 Å². The molecule has 1 saturated heterocycles. The normalized spacial score (nSPS) is 21.6. The second kappa shape index (κ2) is 9.64. The average Bonchev–Trinajstić information content (AvgIpc) is 2.93. The van der Waals surface area contributed by atoms with Crippen molar-refractivity contribution in [2.24, 2.45) is 4.99 Å². The van der Waals surface area contributed by atoms with Gasteiger partial charge in [-0.2, -0.15) is 8.78 Å². The molecule has 0 amide bonds. The van der Waals surface area contributed by atoms with Crippen molar-refractivity contribution in [1.82, 2.24) is 15.3 Å². The summed E-state index contributed by atoms with van der Waals surface area (Å²) >= 11 is 0. The van der Waals surface area contributed by atoms with Gasteiger partial charge in [0.15, 0.2) is 5.75 Å². The fourth-order valence-corrected chi connectivity index (χ4v) is 5.03. The standard InChI is InChI=1S/C28H26F2N4O3/c1-2-9-31-24-15-36-16-28(34-24)20-12-17(19-6-3-10-32-26(19)29)7-8-23(20)37-25-21(28)13-22(33-27(25)30)18-5-4-11-35-14-18/h3,5-8,10,12-13H,2,4,9,11,14-16H2,1H3,(H,31,34). The van der Waals surface area contributed by atoms with E-state index in [0.29, 0.717) is 65.9 Å². The number of nitrogens with one attached hydrogen (secondary N) is 1. The highest BCUT2D eigenvalue weighted by Crippen LogP contribution is 2.50. The van der Waals surface area contributed by atoms with Crippen molar-refractivity contribution in [3.63, 3.8) is 0 Å². The monoisotopic (exact) mass is 504 g/mol. The van der Waals surface area contributed by atoms with Crippen LogP contribution in [0.25, 0.3) is 16.7 Å². The summed E-state index contributed by atoms with van der Waals surface area (Å²) in [5.74, 6) is -0.174. The van der Waals surface area contributed by atoms with Gasteiger partial charge in [0.1, 0.15) is 23.7 Å². The molecule has 5 heterocycles. The van der Waals surface area contributed by atoms with E-state index < -0.39 is 17.4 Å². The van der Waals surface area contributed by atoms with Crippen LogP contribution in [0.4, 0.5) is 8.78 Å². The molecule has 37 heavy (non-hydrogen) atoms. The quantitative estimate of drug-likeness (QED) is 0.504. The van der Waals surface area contributed by atoms with E-state index in [4.69, 9.17) is 14.2 Å². The topological polar surface area (TPSA) is 77.9 Å². The second-order valence-electron chi connectivity index (χ2n) is 9.25. The van der Waals surface area contributed by atoms with Crippen LogP contribution in [0, 0.1) is 11.9 Å². The van der Waals surface area contributed by atoms with E-state index in [0.717, 1.165) is 18.4 Å². The van der Waals surface area contributed by atoms with Gasteiger partial charge in [0, 0.05) is 29.4 Å². The van der Waals surface area contributed by atoms with Gasteiger partial charge in [-0.25, -0.2) is 9.97 Å². The Labute approximate surface area is 213 Å². The van der Waals surface area contributed by atoms with Crippen LogP contribution in [0.15, 0.2) is 53.7 Å². The number of aliphatic imine (C=N–C) groups is 1. The van der Waals surface area contributed by atoms with E-state index in [1.165, 1.54) is 6.20 Å².